The highest BCUT2D eigenvalue weighted by Gasteiger charge is 1.97. The fourth-order valence-corrected chi connectivity index (χ4v) is 1.76. The summed E-state index contributed by atoms with van der Waals surface area (Å²) in [6, 6.07) is 0. The summed E-state index contributed by atoms with van der Waals surface area (Å²) in [7, 11) is 0. The van der Waals surface area contributed by atoms with Crippen molar-refractivity contribution in [2.75, 3.05) is 6.54 Å². The highest BCUT2D eigenvalue weighted by atomic mass is 16.4. The third-order valence-corrected chi connectivity index (χ3v) is 2.88. The van der Waals surface area contributed by atoms with Gasteiger partial charge >= 0.3 is 5.97 Å². The molecule has 0 bridgehead atoms. The van der Waals surface area contributed by atoms with E-state index in [-0.39, 0.29) is 12.5 Å². The average Bonchev–Trinajstić information content (AvgIpc) is 2.42. The van der Waals surface area contributed by atoms with Crippen LogP contribution in [0.25, 0.3) is 0 Å². The Kier molecular flexibility index (Phi) is 12.7. The molecule has 0 aliphatic rings. The molecule has 2 N–H and O–H groups in total. The van der Waals surface area contributed by atoms with Gasteiger partial charge < -0.3 is 10.4 Å². The monoisotopic (exact) mass is 281 g/mol. The average molecular weight is 281 g/mol. The molecule has 0 radical (unpaired) electrons. The van der Waals surface area contributed by atoms with Gasteiger partial charge in [0.1, 0.15) is 6.54 Å². The second kappa shape index (κ2) is 13.8. The first kappa shape index (κ1) is 18.4. The van der Waals surface area contributed by atoms with Crippen LogP contribution in [0.3, 0.4) is 0 Å². The Morgan fingerprint density at radius 1 is 1.00 bits per heavy atom. The molecule has 20 heavy (non-hydrogen) atoms. The van der Waals surface area contributed by atoms with Crippen molar-refractivity contribution < 1.29 is 14.7 Å². The van der Waals surface area contributed by atoms with Crippen molar-refractivity contribution in [3.8, 4) is 0 Å². The van der Waals surface area contributed by atoms with Crippen LogP contribution in [0.1, 0.15) is 58.3 Å². The summed E-state index contributed by atoms with van der Waals surface area (Å²) >= 11 is 0. The van der Waals surface area contributed by atoms with Gasteiger partial charge in [0, 0.05) is 6.08 Å². The van der Waals surface area contributed by atoms with Crippen LogP contribution >= 0.6 is 0 Å². The second-order valence-electron chi connectivity index (χ2n) is 4.81. The van der Waals surface area contributed by atoms with Crippen LogP contribution in [0.5, 0.6) is 0 Å². The van der Waals surface area contributed by atoms with Gasteiger partial charge in [0.15, 0.2) is 0 Å². The summed E-state index contributed by atoms with van der Waals surface area (Å²) in [5, 5.41) is 10.6. The molecule has 0 saturated carbocycles. The number of hydrogen-bond donors (Lipinski definition) is 2. The number of rotatable bonds is 12. The molecular formula is C16H27NO3. The number of carbonyl (C=O) groups excluding carboxylic acids is 1. The maximum absolute atomic E-state index is 11.1. The van der Waals surface area contributed by atoms with E-state index in [1.54, 1.807) is 6.08 Å². The van der Waals surface area contributed by atoms with Crippen LogP contribution in [0.4, 0.5) is 0 Å². The minimum Gasteiger partial charge on any atom is -0.480 e. The molecule has 0 rings (SSSR count). The molecule has 0 saturated heterocycles. The van der Waals surface area contributed by atoms with E-state index >= 15 is 0 Å². The lowest BCUT2D eigenvalue weighted by Crippen LogP contribution is -2.27. The van der Waals surface area contributed by atoms with Crippen molar-refractivity contribution >= 4 is 11.9 Å². The number of hydrogen-bond acceptors (Lipinski definition) is 2. The zero-order valence-electron chi connectivity index (χ0n) is 12.4. The number of amides is 1. The third kappa shape index (κ3) is 14.5. The Morgan fingerprint density at radius 3 is 2.30 bits per heavy atom. The summed E-state index contributed by atoms with van der Waals surface area (Å²) in [6.07, 6.45) is 16.9. The van der Waals surface area contributed by atoms with Gasteiger partial charge in [0.2, 0.25) is 5.91 Å². The van der Waals surface area contributed by atoms with Gasteiger partial charge in [-0.15, -0.1) is 0 Å². The summed E-state index contributed by atoms with van der Waals surface area (Å²) in [5.74, 6) is -1.42. The first-order valence-electron chi connectivity index (χ1n) is 7.49. The lowest BCUT2D eigenvalue weighted by molar-refractivity contribution is -0.137. The minimum absolute atomic E-state index is 0.342. The molecule has 0 fully saturated rings. The first-order chi connectivity index (χ1) is 9.66. The molecule has 1 amide bonds. The number of carboxylic acid groups (broad SMARTS) is 1. The summed E-state index contributed by atoms with van der Waals surface area (Å²) in [5.41, 5.74) is 0. The van der Waals surface area contributed by atoms with Crippen molar-refractivity contribution in [3.05, 3.63) is 24.3 Å². The van der Waals surface area contributed by atoms with Crippen molar-refractivity contribution in [1.29, 1.82) is 0 Å². The molecule has 0 spiro atoms. The number of carbonyl (C=O) groups is 2. The lowest BCUT2D eigenvalue weighted by Gasteiger charge is -1.98. The Balaban J connectivity index is 3.42. The van der Waals surface area contributed by atoms with Crippen LogP contribution in [-0.2, 0) is 9.59 Å². The van der Waals surface area contributed by atoms with Gasteiger partial charge in [-0.05, 0) is 12.8 Å². The largest absolute Gasteiger partial charge is 0.480 e. The van der Waals surface area contributed by atoms with Gasteiger partial charge in [-0.3, -0.25) is 9.59 Å². The molecule has 0 heterocycles. The zero-order valence-corrected chi connectivity index (χ0v) is 12.4. The smallest absolute Gasteiger partial charge is 0.322 e. The van der Waals surface area contributed by atoms with E-state index in [4.69, 9.17) is 5.11 Å². The van der Waals surface area contributed by atoms with Crippen LogP contribution < -0.4 is 5.32 Å². The number of nitrogens with one attached hydrogen (secondary N) is 1. The predicted molar refractivity (Wildman–Crippen MR) is 81.5 cm³/mol. The normalized spacial score (nSPS) is 11.2. The quantitative estimate of drug-likeness (QED) is 0.327. The molecule has 0 aromatic rings. The molecule has 4 heteroatoms. The third-order valence-electron chi connectivity index (χ3n) is 2.88. The van der Waals surface area contributed by atoms with E-state index < -0.39 is 5.97 Å². The predicted octanol–water partition coefficient (Wildman–Crippen LogP) is 3.44. The Bertz CT molecular complexity index is 322. The van der Waals surface area contributed by atoms with Crippen molar-refractivity contribution in [2.24, 2.45) is 0 Å². The topological polar surface area (TPSA) is 66.4 Å². The zero-order chi connectivity index (χ0) is 15.1. The Hall–Kier alpha value is -1.58. The lowest BCUT2D eigenvalue weighted by atomic mass is 10.1. The first-order valence-corrected chi connectivity index (χ1v) is 7.49. The van der Waals surface area contributed by atoms with Crippen molar-refractivity contribution in [1.82, 2.24) is 5.32 Å². The highest BCUT2D eigenvalue weighted by Crippen LogP contribution is 2.08. The molecule has 0 atom stereocenters. The van der Waals surface area contributed by atoms with Gasteiger partial charge in [0.25, 0.3) is 0 Å². The van der Waals surface area contributed by atoms with E-state index in [9.17, 15) is 9.59 Å². The second-order valence-corrected chi connectivity index (χ2v) is 4.81. The van der Waals surface area contributed by atoms with Gasteiger partial charge in [-0.25, -0.2) is 0 Å². The van der Waals surface area contributed by atoms with E-state index in [0.29, 0.717) is 0 Å². The standard InChI is InChI=1S/C16H27NO3/c1-2-3-4-5-6-7-8-9-10-11-12-13-15(18)17-14-16(19)20/h10-13H,2-9,14H2,1H3,(H,17,18)(H,19,20). The number of allylic oxidation sites excluding steroid dienone is 3. The van der Waals surface area contributed by atoms with Crippen LogP contribution in [0.2, 0.25) is 0 Å². The number of carboxylic acids is 1. The summed E-state index contributed by atoms with van der Waals surface area (Å²) in [6.45, 7) is 1.88. The van der Waals surface area contributed by atoms with Gasteiger partial charge in [-0.2, -0.15) is 0 Å². The molecule has 0 aliphatic heterocycles. The maximum atomic E-state index is 11.1. The van der Waals surface area contributed by atoms with E-state index in [1.165, 1.54) is 51.0 Å². The molecule has 4 nitrogen and oxygen atoms in total. The Morgan fingerprint density at radius 2 is 1.65 bits per heavy atom. The molecule has 114 valence electrons. The Labute approximate surface area is 122 Å². The maximum Gasteiger partial charge on any atom is 0.322 e. The van der Waals surface area contributed by atoms with Crippen molar-refractivity contribution in [3.63, 3.8) is 0 Å². The van der Waals surface area contributed by atoms with E-state index in [0.717, 1.165) is 6.42 Å². The van der Waals surface area contributed by atoms with Crippen LogP contribution in [0, 0.1) is 0 Å². The number of unbranched alkanes of at least 4 members (excludes halogenated alkanes) is 7. The molecular weight excluding hydrogens is 254 g/mol. The minimum atomic E-state index is -1.04. The molecule has 0 aromatic heterocycles. The van der Waals surface area contributed by atoms with Crippen molar-refractivity contribution in [2.45, 2.75) is 58.3 Å². The van der Waals surface area contributed by atoms with E-state index in [1.807, 2.05) is 12.2 Å². The van der Waals surface area contributed by atoms with Crippen LogP contribution in [-0.4, -0.2) is 23.5 Å². The molecule has 0 aliphatic carbocycles. The molecule has 0 unspecified atom stereocenters. The fraction of sp³-hybridized carbons (Fsp3) is 0.625. The SMILES string of the molecule is CCCCCCCCCC=CC=CC(=O)NCC(=O)O. The highest BCUT2D eigenvalue weighted by molar-refractivity contribution is 5.90. The van der Waals surface area contributed by atoms with Gasteiger partial charge in [-0.1, -0.05) is 63.7 Å². The van der Waals surface area contributed by atoms with Gasteiger partial charge in [0.05, 0.1) is 0 Å². The number of aliphatic carboxylic acids is 1. The van der Waals surface area contributed by atoms with E-state index in [2.05, 4.69) is 12.2 Å². The van der Waals surface area contributed by atoms with Crippen LogP contribution in [0.15, 0.2) is 24.3 Å². The fourth-order valence-electron chi connectivity index (χ4n) is 1.76. The molecule has 0 aromatic carbocycles. The summed E-state index contributed by atoms with van der Waals surface area (Å²) in [4.78, 5) is 21.3. The summed E-state index contributed by atoms with van der Waals surface area (Å²) < 4.78 is 0.